The topological polar surface area (TPSA) is 119 Å². The third-order valence-corrected chi connectivity index (χ3v) is 10.3. The molecular formula is C26H26ClN3O5S2. The van der Waals surface area contributed by atoms with Crippen LogP contribution in [0.1, 0.15) is 36.2 Å². The van der Waals surface area contributed by atoms with Crippen LogP contribution >= 0.6 is 22.5 Å². The molecular weight excluding hydrogens is 534 g/mol. The maximum atomic E-state index is 13.6. The summed E-state index contributed by atoms with van der Waals surface area (Å²) in [4.78, 5) is 31.0. The molecule has 0 aromatic heterocycles. The second-order valence-electron chi connectivity index (χ2n) is 8.20. The number of carbonyl (C=O) groups is 2. The van der Waals surface area contributed by atoms with E-state index in [0.29, 0.717) is 16.4 Å². The molecule has 1 unspecified atom stereocenters. The number of rotatable bonds is 7. The summed E-state index contributed by atoms with van der Waals surface area (Å²) in [7, 11) is -5.46. The number of carbonyl (C=O) groups excluding carboxylic acids is 2. The van der Waals surface area contributed by atoms with Gasteiger partial charge in [-0.15, -0.1) is 0 Å². The summed E-state index contributed by atoms with van der Waals surface area (Å²) in [5.41, 5.74) is 7.26. The summed E-state index contributed by atoms with van der Waals surface area (Å²) in [6.45, 7) is 5.42. The SMILES string of the molecule is CCOC(=O)N(c1cccc([SH]2C(CC)=Nc3cc(C(N)=O)c(Cl)cc32)c1)S(=O)(=O)c1ccc(C)cc1. The van der Waals surface area contributed by atoms with Crippen LogP contribution in [-0.4, -0.2) is 32.1 Å². The summed E-state index contributed by atoms with van der Waals surface area (Å²) in [5, 5.41) is 1.08. The summed E-state index contributed by atoms with van der Waals surface area (Å²) < 4.78 is 33.0. The number of hydrogen-bond donors (Lipinski definition) is 2. The lowest BCUT2D eigenvalue weighted by Crippen LogP contribution is -2.37. The van der Waals surface area contributed by atoms with Crippen molar-refractivity contribution in [2.75, 3.05) is 10.9 Å². The van der Waals surface area contributed by atoms with Crippen LogP contribution in [0, 0.1) is 6.92 Å². The van der Waals surface area contributed by atoms with Crippen molar-refractivity contribution < 1.29 is 22.7 Å². The molecule has 194 valence electrons. The number of amides is 2. The van der Waals surface area contributed by atoms with Gasteiger partial charge in [-0.05, 0) is 67.6 Å². The van der Waals surface area contributed by atoms with Crippen molar-refractivity contribution in [3.63, 3.8) is 0 Å². The van der Waals surface area contributed by atoms with E-state index in [2.05, 4.69) is 0 Å². The predicted octanol–water partition coefficient (Wildman–Crippen LogP) is 5.97. The Bertz CT molecular complexity index is 1520. The first-order chi connectivity index (χ1) is 17.6. The van der Waals surface area contributed by atoms with Crippen molar-refractivity contribution >= 4 is 60.9 Å². The first kappa shape index (κ1) is 26.7. The van der Waals surface area contributed by atoms with E-state index < -0.39 is 32.9 Å². The van der Waals surface area contributed by atoms with Gasteiger partial charge in [-0.2, -0.15) is 15.2 Å². The number of nitrogens with two attached hydrogens (primary N) is 1. The zero-order chi connectivity index (χ0) is 26.9. The van der Waals surface area contributed by atoms with E-state index in [1.54, 1.807) is 49.4 Å². The molecule has 0 aliphatic carbocycles. The van der Waals surface area contributed by atoms with Gasteiger partial charge in [-0.25, -0.2) is 18.2 Å². The lowest BCUT2D eigenvalue weighted by atomic mass is 10.2. The fourth-order valence-corrected chi connectivity index (χ4v) is 8.10. The molecule has 0 bridgehead atoms. The average Bonchev–Trinajstić information content (AvgIpc) is 3.21. The minimum atomic E-state index is -4.27. The van der Waals surface area contributed by atoms with Crippen LogP contribution in [0.15, 0.2) is 80.3 Å². The zero-order valence-electron chi connectivity index (χ0n) is 20.4. The fourth-order valence-electron chi connectivity index (χ4n) is 3.96. The van der Waals surface area contributed by atoms with Crippen LogP contribution in [-0.2, 0) is 14.8 Å². The molecule has 1 heterocycles. The van der Waals surface area contributed by atoms with Crippen molar-refractivity contribution in [1.29, 1.82) is 0 Å². The first-order valence-corrected chi connectivity index (χ1v) is 14.6. The third kappa shape index (κ3) is 5.09. The molecule has 4 rings (SSSR count). The maximum absolute atomic E-state index is 13.6. The molecule has 2 N–H and O–H groups in total. The van der Waals surface area contributed by atoms with Crippen molar-refractivity contribution in [2.24, 2.45) is 10.7 Å². The van der Waals surface area contributed by atoms with E-state index in [9.17, 15) is 18.0 Å². The number of hydrogen-bond acceptors (Lipinski definition) is 6. The molecule has 0 radical (unpaired) electrons. The maximum Gasteiger partial charge on any atom is 0.428 e. The highest BCUT2D eigenvalue weighted by molar-refractivity contribution is 8.30. The van der Waals surface area contributed by atoms with E-state index in [1.807, 2.05) is 19.9 Å². The Kier molecular flexibility index (Phi) is 7.63. The number of fused-ring (bicyclic) bond motifs is 1. The smallest absolute Gasteiger partial charge is 0.428 e. The summed E-state index contributed by atoms with van der Waals surface area (Å²) in [6, 6.07) is 16.3. The highest BCUT2D eigenvalue weighted by atomic mass is 35.5. The van der Waals surface area contributed by atoms with Gasteiger partial charge in [0.05, 0.1) is 38.5 Å². The van der Waals surface area contributed by atoms with Gasteiger partial charge >= 0.3 is 6.09 Å². The van der Waals surface area contributed by atoms with Crippen LogP contribution in [0.3, 0.4) is 0 Å². The molecule has 3 aromatic rings. The number of ether oxygens (including phenoxy) is 1. The number of aliphatic imine (C=N–C) groups is 1. The summed E-state index contributed by atoms with van der Waals surface area (Å²) >= 11 is 6.35. The zero-order valence-corrected chi connectivity index (χ0v) is 22.9. The molecule has 1 aliphatic rings. The monoisotopic (exact) mass is 559 g/mol. The molecule has 8 nitrogen and oxygen atoms in total. The highest BCUT2D eigenvalue weighted by Crippen LogP contribution is 2.57. The van der Waals surface area contributed by atoms with Gasteiger partial charge in [0.2, 0.25) is 5.91 Å². The molecule has 0 saturated heterocycles. The standard InChI is InChI=1S/C26H26ClN3O5S2/c1-4-24-29-22-14-20(25(28)31)21(27)15-23(22)36(24)18-8-6-7-17(13-18)30(26(32)35-5-2)37(33,34)19-11-9-16(3)10-12-19/h6-15,36H,4-5H2,1-3H3,(H2,28,31). The molecule has 1 atom stereocenters. The molecule has 0 saturated carbocycles. The van der Waals surface area contributed by atoms with Crippen LogP contribution in [0.4, 0.5) is 16.2 Å². The highest BCUT2D eigenvalue weighted by Gasteiger charge is 2.34. The van der Waals surface area contributed by atoms with Gasteiger partial charge in [0, 0.05) is 4.90 Å². The first-order valence-electron chi connectivity index (χ1n) is 11.5. The lowest BCUT2D eigenvalue weighted by Gasteiger charge is -2.25. The van der Waals surface area contributed by atoms with Gasteiger partial charge in [0.25, 0.3) is 10.0 Å². The number of benzene rings is 3. The second kappa shape index (κ2) is 10.6. The quantitative estimate of drug-likeness (QED) is 0.345. The van der Waals surface area contributed by atoms with Gasteiger partial charge in [0.1, 0.15) is 0 Å². The Morgan fingerprint density at radius 3 is 2.41 bits per heavy atom. The minimum Gasteiger partial charge on any atom is -0.449 e. The largest absolute Gasteiger partial charge is 0.449 e. The van der Waals surface area contributed by atoms with E-state index in [4.69, 9.17) is 27.1 Å². The van der Waals surface area contributed by atoms with Gasteiger partial charge in [-0.1, -0.05) is 42.3 Å². The lowest BCUT2D eigenvalue weighted by molar-refractivity contribution is 0.1000. The van der Waals surface area contributed by atoms with Gasteiger partial charge < -0.3 is 10.5 Å². The molecule has 0 spiro atoms. The second-order valence-corrected chi connectivity index (χ2v) is 12.6. The predicted molar refractivity (Wildman–Crippen MR) is 147 cm³/mol. The van der Waals surface area contributed by atoms with E-state index in [1.165, 1.54) is 12.1 Å². The number of halogens is 1. The van der Waals surface area contributed by atoms with E-state index in [0.717, 1.165) is 20.4 Å². The average molecular weight is 560 g/mol. The van der Waals surface area contributed by atoms with Crippen LogP contribution in [0.2, 0.25) is 5.02 Å². The number of anilines is 1. The number of sulfonamides is 1. The van der Waals surface area contributed by atoms with Crippen LogP contribution < -0.4 is 10.0 Å². The molecule has 2 amide bonds. The van der Waals surface area contributed by atoms with Gasteiger partial charge in [0.15, 0.2) is 0 Å². The number of nitrogens with zero attached hydrogens (tertiary/aromatic N) is 2. The number of aryl methyl sites for hydroxylation is 1. The van der Waals surface area contributed by atoms with Crippen molar-refractivity contribution in [2.45, 2.75) is 41.9 Å². The Morgan fingerprint density at radius 1 is 1.08 bits per heavy atom. The normalized spacial score (nSPS) is 15.6. The van der Waals surface area contributed by atoms with E-state index in [-0.39, 0.29) is 27.8 Å². The summed E-state index contributed by atoms with van der Waals surface area (Å²) in [6.07, 6.45) is -0.379. The molecule has 37 heavy (non-hydrogen) atoms. The van der Waals surface area contributed by atoms with Crippen molar-refractivity contribution in [3.05, 3.63) is 76.8 Å². The number of primary amides is 1. The molecule has 1 aliphatic heterocycles. The Morgan fingerprint density at radius 2 is 1.78 bits per heavy atom. The van der Waals surface area contributed by atoms with Crippen molar-refractivity contribution in [3.8, 4) is 0 Å². The minimum absolute atomic E-state index is 0.00582. The number of thiol groups is 1. The Labute approximate surface area is 223 Å². The van der Waals surface area contributed by atoms with E-state index >= 15 is 0 Å². The van der Waals surface area contributed by atoms with Crippen LogP contribution in [0.5, 0.6) is 0 Å². The molecule has 0 fully saturated rings. The Hall–Kier alpha value is -3.34. The molecule has 3 aromatic carbocycles. The molecule has 11 heteroatoms. The van der Waals surface area contributed by atoms with Crippen molar-refractivity contribution in [1.82, 2.24) is 0 Å². The van der Waals surface area contributed by atoms with Crippen LogP contribution in [0.25, 0.3) is 0 Å². The Balaban J connectivity index is 1.84. The fraction of sp³-hybridized carbons (Fsp3) is 0.192. The van der Waals surface area contributed by atoms with Gasteiger partial charge in [-0.3, -0.25) is 4.79 Å². The third-order valence-electron chi connectivity index (χ3n) is 5.71. The summed E-state index contributed by atoms with van der Waals surface area (Å²) in [5.74, 6) is -0.648.